The molecule has 1 aliphatic rings. The fraction of sp³-hybridized carbons (Fsp3) is 0.0566. The van der Waals surface area contributed by atoms with Gasteiger partial charge in [0.15, 0.2) is 0 Å². The molecule has 0 saturated carbocycles. The van der Waals surface area contributed by atoms with Gasteiger partial charge in [0.05, 0.1) is 11.0 Å². The normalized spacial score (nSPS) is 13.3. The van der Waals surface area contributed by atoms with Crippen molar-refractivity contribution in [3.63, 3.8) is 0 Å². The predicted octanol–water partition coefficient (Wildman–Crippen LogP) is 14.8. The summed E-state index contributed by atoms with van der Waals surface area (Å²) in [6.07, 6.45) is 0. The molecule has 9 aromatic carbocycles. The quantitative estimate of drug-likeness (QED) is 0.169. The number of rotatable bonds is 4. The molecule has 0 N–H and O–H groups in total. The van der Waals surface area contributed by atoms with Gasteiger partial charge < -0.3 is 13.9 Å². The predicted molar refractivity (Wildman–Crippen MR) is 235 cm³/mol. The summed E-state index contributed by atoms with van der Waals surface area (Å²) < 4.78 is 9.08. The second kappa shape index (κ2) is 11.5. The van der Waals surface area contributed by atoms with E-state index >= 15 is 0 Å². The Morgan fingerprint density at radius 3 is 1.82 bits per heavy atom. The lowest BCUT2D eigenvalue weighted by Crippen LogP contribution is -2.14. The van der Waals surface area contributed by atoms with Gasteiger partial charge in [-0.3, -0.25) is 0 Å². The van der Waals surface area contributed by atoms with E-state index in [4.69, 9.17) is 4.42 Å². The molecule has 11 aromatic rings. The molecule has 0 unspecified atom stereocenters. The monoisotopic (exact) mass is 716 g/mol. The molecular formula is C53H36N2O. The van der Waals surface area contributed by atoms with Crippen molar-refractivity contribution in [2.45, 2.75) is 19.3 Å². The molecular weight excluding hydrogens is 681 g/mol. The van der Waals surface area contributed by atoms with Crippen LogP contribution >= 0.6 is 0 Å². The number of nitrogens with zero attached hydrogens (tertiary/aromatic N) is 2. The van der Waals surface area contributed by atoms with Gasteiger partial charge in [-0.2, -0.15) is 0 Å². The molecule has 0 amide bonds. The summed E-state index contributed by atoms with van der Waals surface area (Å²) in [7, 11) is 0. The standard InChI is InChI=1S/C53H36N2O/c1-53(2)46-24-14-13-21-39(46)42-31-44-43-29-36(26-28-49(43)56-50(44)32-47(42)53)54(33-15-5-3-6-16-33)35-25-27-48-45(30-35)51-40-22-11-9-19-37(40)38-20-10-12-23-41(38)52(51)55(48)34-17-7-4-8-18-34/h3-32H,1-2H3. The highest BCUT2D eigenvalue weighted by Crippen LogP contribution is 2.51. The summed E-state index contributed by atoms with van der Waals surface area (Å²) >= 11 is 0. The van der Waals surface area contributed by atoms with Gasteiger partial charge in [0.1, 0.15) is 11.2 Å². The average Bonchev–Trinajstić information content (AvgIpc) is 3.86. The van der Waals surface area contributed by atoms with Crippen LogP contribution in [-0.2, 0) is 5.41 Å². The van der Waals surface area contributed by atoms with E-state index in [-0.39, 0.29) is 5.41 Å². The summed E-state index contributed by atoms with van der Waals surface area (Å²) in [6.45, 7) is 4.64. The fourth-order valence-corrected chi connectivity index (χ4v) is 9.77. The molecule has 2 aromatic heterocycles. The second-order valence-electron chi connectivity index (χ2n) is 15.7. The first-order valence-electron chi connectivity index (χ1n) is 19.4. The number of hydrogen-bond acceptors (Lipinski definition) is 2. The third-order valence-electron chi connectivity index (χ3n) is 12.3. The number of hydrogen-bond donors (Lipinski definition) is 0. The van der Waals surface area contributed by atoms with Crippen LogP contribution in [0, 0.1) is 0 Å². The minimum atomic E-state index is -0.0890. The van der Waals surface area contributed by atoms with Gasteiger partial charge in [0, 0.05) is 55.1 Å². The van der Waals surface area contributed by atoms with Crippen molar-refractivity contribution in [1.82, 2.24) is 4.57 Å². The van der Waals surface area contributed by atoms with Gasteiger partial charge in [-0.05, 0) is 111 Å². The first-order valence-corrected chi connectivity index (χ1v) is 19.4. The first kappa shape index (κ1) is 31.3. The zero-order chi connectivity index (χ0) is 37.1. The Kier molecular flexibility index (Phi) is 6.40. The van der Waals surface area contributed by atoms with Crippen molar-refractivity contribution in [3.8, 4) is 16.8 Å². The number of anilines is 3. The van der Waals surface area contributed by atoms with Gasteiger partial charge in [-0.15, -0.1) is 0 Å². The Labute approximate surface area is 324 Å². The van der Waals surface area contributed by atoms with E-state index in [1.165, 1.54) is 65.6 Å². The van der Waals surface area contributed by atoms with E-state index in [1.54, 1.807) is 0 Å². The maximum atomic E-state index is 6.62. The molecule has 12 rings (SSSR count). The minimum Gasteiger partial charge on any atom is -0.456 e. The van der Waals surface area contributed by atoms with Crippen LogP contribution in [0.15, 0.2) is 186 Å². The first-order chi connectivity index (χ1) is 27.5. The molecule has 3 heteroatoms. The Bertz CT molecular complexity index is 3390. The molecule has 0 radical (unpaired) electrons. The Balaban J connectivity index is 1.13. The number of fused-ring (bicyclic) bond motifs is 14. The van der Waals surface area contributed by atoms with Crippen LogP contribution in [0.5, 0.6) is 0 Å². The van der Waals surface area contributed by atoms with Gasteiger partial charge in [0.2, 0.25) is 0 Å². The van der Waals surface area contributed by atoms with Crippen molar-refractivity contribution in [1.29, 1.82) is 0 Å². The molecule has 0 saturated heterocycles. The van der Waals surface area contributed by atoms with Gasteiger partial charge >= 0.3 is 0 Å². The fourth-order valence-electron chi connectivity index (χ4n) is 9.77. The lowest BCUT2D eigenvalue weighted by Gasteiger charge is -2.25. The van der Waals surface area contributed by atoms with E-state index in [1.807, 2.05) is 0 Å². The number of benzene rings is 9. The number of aromatic nitrogens is 1. The molecule has 56 heavy (non-hydrogen) atoms. The van der Waals surface area contributed by atoms with E-state index in [9.17, 15) is 0 Å². The van der Waals surface area contributed by atoms with Crippen molar-refractivity contribution in [2.24, 2.45) is 0 Å². The maximum absolute atomic E-state index is 6.62. The van der Waals surface area contributed by atoms with Crippen molar-refractivity contribution in [2.75, 3.05) is 4.90 Å². The zero-order valence-corrected chi connectivity index (χ0v) is 31.1. The van der Waals surface area contributed by atoms with Crippen LogP contribution in [0.3, 0.4) is 0 Å². The average molecular weight is 717 g/mol. The molecule has 264 valence electrons. The highest BCUT2D eigenvalue weighted by Gasteiger charge is 2.36. The maximum Gasteiger partial charge on any atom is 0.135 e. The highest BCUT2D eigenvalue weighted by atomic mass is 16.3. The Hall–Kier alpha value is -7.10. The third kappa shape index (κ3) is 4.28. The molecule has 2 heterocycles. The summed E-state index contributed by atoms with van der Waals surface area (Å²) in [6, 6.07) is 66.3. The smallest absolute Gasteiger partial charge is 0.135 e. The molecule has 3 nitrogen and oxygen atoms in total. The summed E-state index contributed by atoms with van der Waals surface area (Å²) in [4.78, 5) is 2.39. The largest absolute Gasteiger partial charge is 0.456 e. The second-order valence-corrected chi connectivity index (χ2v) is 15.7. The lowest BCUT2D eigenvalue weighted by atomic mass is 9.82. The Morgan fingerprint density at radius 1 is 0.429 bits per heavy atom. The number of furan rings is 1. The van der Waals surface area contributed by atoms with Crippen molar-refractivity contribution in [3.05, 3.63) is 193 Å². The summed E-state index contributed by atoms with van der Waals surface area (Å²) in [5.74, 6) is 0. The minimum absolute atomic E-state index is 0.0890. The van der Waals surface area contributed by atoms with Crippen LogP contribution in [0.4, 0.5) is 17.1 Å². The van der Waals surface area contributed by atoms with Crippen LogP contribution < -0.4 is 4.90 Å². The van der Waals surface area contributed by atoms with Crippen LogP contribution in [0.2, 0.25) is 0 Å². The zero-order valence-electron chi connectivity index (χ0n) is 31.1. The van der Waals surface area contributed by atoms with Crippen LogP contribution in [0.1, 0.15) is 25.0 Å². The van der Waals surface area contributed by atoms with Gasteiger partial charge in [-0.1, -0.05) is 123 Å². The summed E-state index contributed by atoms with van der Waals surface area (Å²) in [5.41, 5.74) is 13.9. The molecule has 0 aliphatic heterocycles. The lowest BCUT2D eigenvalue weighted by molar-refractivity contribution is 0.647. The molecule has 0 atom stereocenters. The summed E-state index contributed by atoms with van der Waals surface area (Å²) in [5, 5.41) is 9.77. The van der Waals surface area contributed by atoms with Crippen LogP contribution in [0.25, 0.3) is 82.1 Å². The third-order valence-corrected chi connectivity index (χ3v) is 12.3. The SMILES string of the molecule is CC1(C)c2ccccc2-c2cc3c(cc21)oc1ccc(N(c2ccccc2)c2ccc4c(c2)c2c5ccccc5c5ccccc5c2n4-c2ccccc2)cc13. The van der Waals surface area contributed by atoms with Gasteiger partial charge in [0.25, 0.3) is 0 Å². The van der Waals surface area contributed by atoms with Gasteiger partial charge in [-0.25, -0.2) is 0 Å². The van der Waals surface area contributed by atoms with E-state index in [0.29, 0.717) is 0 Å². The Morgan fingerprint density at radius 2 is 1.04 bits per heavy atom. The highest BCUT2D eigenvalue weighted by molar-refractivity contribution is 6.32. The number of para-hydroxylation sites is 2. The molecule has 0 fully saturated rings. The topological polar surface area (TPSA) is 21.3 Å². The van der Waals surface area contributed by atoms with Crippen LogP contribution in [-0.4, -0.2) is 4.57 Å². The molecule has 0 bridgehead atoms. The van der Waals surface area contributed by atoms with E-state index < -0.39 is 0 Å². The van der Waals surface area contributed by atoms with E-state index in [0.717, 1.165) is 44.7 Å². The van der Waals surface area contributed by atoms with Crippen molar-refractivity contribution < 1.29 is 4.42 Å². The molecule has 1 aliphatic carbocycles. The van der Waals surface area contributed by atoms with E-state index in [2.05, 4.69) is 205 Å². The van der Waals surface area contributed by atoms with Crippen molar-refractivity contribution >= 4 is 82.4 Å². The molecule has 0 spiro atoms.